The Morgan fingerprint density at radius 3 is 1.25 bits per heavy atom. The van der Waals surface area contributed by atoms with Gasteiger partial charge in [-0.15, -0.1) is 0 Å². The average molecular weight is 176 g/mol. The molecule has 0 fully saturated rings. The molecule has 0 saturated heterocycles. The van der Waals surface area contributed by atoms with Crippen LogP contribution in [0.2, 0.25) is 0 Å². The van der Waals surface area contributed by atoms with Crippen molar-refractivity contribution in [2.75, 3.05) is 0 Å². The van der Waals surface area contributed by atoms with E-state index in [0.29, 0.717) is 13.8 Å². The summed E-state index contributed by atoms with van der Waals surface area (Å²) in [6.45, 7) is 1.22. The predicted molar refractivity (Wildman–Crippen MR) is 31.3 cm³/mol. The molecule has 2 N–H and O–H groups in total. The summed E-state index contributed by atoms with van der Waals surface area (Å²) in [5, 5.41) is 38.2. The van der Waals surface area contributed by atoms with Gasteiger partial charge in [0, 0.05) is 0 Å². The molecule has 6 heteroatoms. The molecule has 70 valence electrons. The van der Waals surface area contributed by atoms with Gasteiger partial charge in [-0.3, -0.25) is 0 Å². The van der Waals surface area contributed by atoms with Crippen LogP contribution in [0.5, 0.6) is 0 Å². The molecular formula is C6H8O6-2. The van der Waals surface area contributed by atoms with Gasteiger partial charge in [0.2, 0.25) is 0 Å². The molecule has 0 spiro atoms. The Hall–Kier alpha value is -1.14. The maximum absolute atomic E-state index is 10.2. The van der Waals surface area contributed by atoms with Crippen molar-refractivity contribution in [1.29, 1.82) is 0 Å². The second kappa shape index (κ2) is 2.72. The van der Waals surface area contributed by atoms with E-state index in [-0.39, 0.29) is 0 Å². The van der Waals surface area contributed by atoms with E-state index in [1.165, 1.54) is 0 Å². The summed E-state index contributed by atoms with van der Waals surface area (Å²) in [5.74, 6) is -4.17. The summed E-state index contributed by atoms with van der Waals surface area (Å²) in [5.41, 5.74) is -5.77. The first-order chi connectivity index (χ1) is 5.14. The Kier molecular flexibility index (Phi) is 2.46. The summed E-state index contributed by atoms with van der Waals surface area (Å²) in [6.07, 6.45) is 0. The van der Waals surface area contributed by atoms with Crippen molar-refractivity contribution in [2.45, 2.75) is 25.0 Å². The molecule has 2 atom stereocenters. The first-order valence-electron chi connectivity index (χ1n) is 3.01. The van der Waals surface area contributed by atoms with Gasteiger partial charge in [-0.1, -0.05) is 0 Å². The number of carboxylic acids is 2. The van der Waals surface area contributed by atoms with Gasteiger partial charge in [-0.05, 0) is 13.8 Å². The fraction of sp³-hybridized carbons (Fsp3) is 0.667. The minimum atomic E-state index is -2.88. The smallest absolute Gasteiger partial charge is 0.135 e. The third-order valence-electron chi connectivity index (χ3n) is 1.74. The molecule has 0 aliphatic carbocycles. The van der Waals surface area contributed by atoms with Crippen LogP contribution in [-0.2, 0) is 9.59 Å². The zero-order valence-electron chi connectivity index (χ0n) is 6.53. The topological polar surface area (TPSA) is 121 Å². The minimum Gasteiger partial charge on any atom is -0.547 e. The number of hydrogen-bond acceptors (Lipinski definition) is 6. The van der Waals surface area contributed by atoms with E-state index in [1.54, 1.807) is 0 Å². The molecule has 0 aromatic heterocycles. The molecule has 0 amide bonds. The number of rotatable bonds is 3. The van der Waals surface area contributed by atoms with E-state index in [9.17, 15) is 19.8 Å². The van der Waals surface area contributed by atoms with Gasteiger partial charge in [-0.2, -0.15) is 0 Å². The Bertz CT molecular complexity index is 192. The van der Waals surface area contributed by atoms with Crippen molar-refractivity contribution in [3.8, 4) is 0 Å². The molecule has 0 aromatic rings. The number of hydrogen-bond donors (Lipinski definition) is 2. The van der Waals surface area contributed by atoms with Crippen LogP contribution in [-0.4, -0.2) is 33.4 Å². The van der Waals surface area contributed by atoms with Gasteiger partial charge < -0.3 is 30.0 Å². The summed E-state index contributed by atoms with van der Waals surface area (Å²) >= 11 is 0. The third kappa shape index (κ3) is 1.39. The highest BCUT2D eigenvalue weighted by atomic mass is 16.4. The molecule has 0 aromatic carbocycles. The molecule has 6 nitrogen and oxygen atoms in total. The van der Waals surface area contributed by atoms with Crippen LogP contribution in [0.25, 0.3) is 0 Å². The average Bonchev–Trinajstić information content (AvgIpc) is 1.86. The second-order valence-corrected chi connectivity index (χ2v) is 2.72. The number of carbonyl (C=O) groups excluding carboxylic acids is 2. The molecule has 0 saturated carbocycles. The van der Waals surface area contributed by atoms with Gasteiger partial charge in [-0.25, -0.2) is 0 Å². The summed E-state index contributed by atoms with van der Waals surface area (Å²) < 4.78 is 0. The molecule has 0 bridgehead atoms. The molecule has 0 heterocycles. The maximum atomic E-state index is 10.2. The van der Waals surface area contributed by atoms with Crippen LogP contribution in [0.1, 0.15) is 13.8 Å². The zero-order valence-corrected chi connectivity index (χ0v) is 6.53. The monoisotopic (exact) mass is 176 g/mol. The van der Waals surface area contributed by atoms with E-state index in [0.717, 1.165) is 0 Å². The van der Waals surface area contributed by atoms with E-state index < -0.39 is 23.1 Å². The number of aliphatic hydroxyl groups is 2. The highest BCUT2D eigenvalue weighted by Crippen LogP contribution is 2.20. The second-order valence-electron chi connectivity index (χ2n) is 2.72. The highest BCUT2D eigenvalue weighted by Gasteiger charge is 2.44. The standard InChI is InChI=1S/C6H10O6/c1-5(11,3(7)8)6(2,12)4(9)10/h11-12H,1-2H3,(H,7,8)(H,9,10)/p-2. The van der Waals surface area contributed by atoms with Gasteiger partial charge in [0.1, 0.15) is 11.2 Å². The van der Waals surface area contributed by atoms with Crippen molar-refractivity contribution < 1.29 is 30.0 Å². The van der Waals surface area contributed by atoms with E-state index in [4.69, 9.17) is 10.2 Å². The van der Waals surface area contributed by atoms with Crippen molar-refractivity contribution in [2.24, 2.45) is 0 Å². The molecule has 2 unspecified atom stereocenters. The van der Waals surface area contributed by atoms with Gasteiger partial charge in [0.05, 0.1) is 11.9 Å². The quantitative estimate of drug-likeness (QED) is 0.452. The Labute approximate surface area is 68.1 Å². The summed E-state index contributed by atoms with van der Waals surface area (Å²) in [7, 11) is 0. The first kappa shape index (κ1) is 10.9. The minimum absolute atomic E-state index is 0.609. The Morgan fingerprint density at radius 2 is 1.17 bits per heavy atom. The molecule has 0 radical (unpaired) electrons. The zero-order chi connectivity index (χ0) is 10.2. The van der Waals surface area contributed by atoms with Crippen LogP contribution < -0.4 is 10.2 Å². The van der Waals surface area contributed by atoms with Crippen LogP contribution in [0.3, 0.4) is 0 Å². The third-order valence-corrected chi connectivity index (χ3v) is 1.74. The number of carbonyl (C=O) groups is 2. The lowest BCUT2D eigenvalue weighted by molar-refractivity contribution is -0.354. The number of carboxylic acid groups (broad SMARTS) is 2. The first-order valence-corrected chi connectivity index (χ1v) is 3.01. The SMILES string of the molecule is CC(O)(C(=O)[O-])C(C)(O)C(=O)[O-]. The highest BCUT2D eigenvalue weighted by molar-refractivity contribution is 5.87. The van der Waals surface area contributed by atoms with Crippen LogP contribution in [0, 0.1) is 0 Å². The van der Waals surface area contributed by atoms with Crippen LogP contribution in [0.4, 0.5) is 0 Å². The molecule has 0 aliphatic heterocycles. The van der Waals surface area contributed by atoms with E-state index >= 15 is 0 Å². The molecule has 0 aliphatic rings. The van der Waals surface area contributed by atoms with Gasteiger partial charge in [0.25, 0.3) is 0 Å². The van der Waals surface area contributed by atoms with Crippen molar-refractivity contribution >= 4 is 11.9 Å². The lowest BCUT2D eigenvalue weighted by Crippen LogP contribution is -2.67. The number of aliphatic carboxylic acids is 2. The van der Waals surface area contributed by atoms with Crippen molar-refractivity contribution in [3.63, 3.8) is 0 Å². The van der Waals surface area contributed by atoms with Crippen LogP contribution >= 0.6 is 0 Å². The largest absolute Gasteiger partial charge is 0.547 e. The van der Waals surface area contributed by atoms with E-state index in [1.807, 2.05) is 0 Å². The maximum Gasteiger partial charge on any atom is 0.135 e. The lowest BCUT2D eigenvalue weighted by atomic mass is 9.86. The molecule has 12 heavy (non-hydrogen) atoms. The lowest BCUT2D eigenvalue weighted by Gasteiger charge is -2.39. The predicted octanol–water partition coefficient (Wildman–Crippen LogP) is -4.01. The molecular weight excluding hydrogens is 168 g/mol. The van der Waals surface area contributed by atoms with Gasteiger partial charge >= 0.3 is 0 Å². The fourth-order valence-corrected chi connectivity index (χ4v) is 0.397. The Balaban J connectivity index is 5.01. The fourth-order valence-electron chi connectivity index (χ4n) is 0.397. The van der Waals surface area contributed by atoms with E-state index in [2.05, 4.69) is 0 Å². The van der Waals surface area contributed by atoms with Crippen molar-refractivity contribution in [3.05, 3.63) is 0 Å². The summed E-state index contributed by atoms with van der Waals surface area (Å²) in [4.78, 5) is 20.3. The summed E-state index contributed by atoms with van der Waals surface area (Å²) in [6, 6.07) is 0. The normalized spacial score (nSPS) is 20.7. The Morgan fingerprint density at radius 1 is 1.00 bits per heavy atom. The van der Waals surface area contributed by atoms with Crippen LogP contribution in [0.15, 0.2) is 0 Å². The van der Waals surface area contributed by atoms with Crippen molar-refractivity contribution in [1.82, 2.24) is 0 Å². The van der Waals surface area contributed by atoms with Gasteiger partial charge in [0.15, 0.2) is 0 Å². The molecule has 0 rings (SSSR count).